The van der Waals surface area contributed by atoms with E-state index in [1.807, 2.05) is 35.2 Å². The fraction of sp³-hybridized carbons (Fsp3) is 0.320. The van der Waals surface area contributed by atoms with E-state index in [0.717, 1.165) is 54.6 Å². The molecule has 3 aromatic rings. The molecule has 2 aromatic carbocycles. The summed E-state index contributed by atoms with van der Waals surface area (Å²) in [7, 11) is 2.14. The maximum Gasteiger partial charge on any atom is 0.254 e. The van der Waals surface area contributed by atoms with Crippen LogP contribution in [-0.2, 0) is 13.0 Å². The van der Waals surface area contributed by atoms with Gasteiger partial charge in [0.15, 0.2) is 5.82 Å². The third kappa shape index (κ3) is 4.69. The molecule has 0 spiro atoms. The Morgan fingerprint density at radius 3 is 2.30 bits per heavy atom. The first-order valence-electron chi connectivity index (χ1n) is 11.1. The molecule has 0 unspecified atom stereocenters. The highest BCUT2D eigenvalue weighted by Crippen LogP contribution is 2.31. The molecule has 0 aliphatic carbocycles. The molecule has 2 aliphatic heterocycles. The predicted octanol–water partition coefficient (Wildman–Crippen LogP) is 4.40. The summed E-state index contributed by atoms with van der Waals surface area (Å²) in [6.07, 6.45) is 0.679. The van der Waals surface area contributed by atoms with Crippen molar-refractivity contribution in [3.05, 3.63) is 75.4 Å². The molecule has 33 heavy (non-hydrogen) atoms. The highest BCUT2D eigenvalue weighted by atomic mass is 35.5. The minimum Gasteiger partial charge on any atom is -0.354 e. The smallest absolute Gasteiger partial charge is 0.254 e. The molecule has 5 rings (SSSR count). The van der Waals surface area contributed by atoms with Crippen LogP contribution in [0.1, 0.15) is 21.6 Å². The maximum absolute atomic E-state index is 13.3. The Morgan fingerprint density at radius 1 is 0.909 bits per heavy atom. The van der Waals surface area contributed by atoms with Gasteiger partial charge >= 0.3 is 0 Å². The molecule has 8 heteroatoms. The fourth-order valence-electron chi connectivity index (χ4n) is 4.43. The molecule has 1 amide bonds. The number of amides is 1. The van der Waals surface area contributed by atoms with Gasteiger partial charge in [0, 0.05) is 65.9 Å². The number of likely N-dealkylation sites (N-methyl/N-ethyl adjacent to an activating group) is 1. The molecule has 0 saturated carbocycles. The standard InChI is InChI=1S/C25H25Cl2N5O/c1-30-9-11-31(12-10-30)24-21-16-32(25(33)18-13-19(26)15-20(27)14-18)8-7-22(21)28-23(29-24)17-5-3-2-4-6-17/h2-6,13-15H,7-12,16H2,1H3. The van der Waals surface area contributed by atoms with Gasteiger partial charge in [-0.1, -0.05) is 53.5 Å². The minimum atomic E-state index is -0.0819. The van der Waals surface area contributed by atoms with Crippen LogP contribution < -0.4 is 4.90 Å². The monoisotopic (exact) mass is 481 g/mol. The summed E-state index contributed by atoms with van der Waals surface area (Å²) in [5, 5.41) is 0.912. The van der Waals surface area contributed by atoms with Gasteiger partial charge in [-0.2, -0.15) is 0 Å². The Hall–Kier alpha value is -2.67. The Kier molecular flexibility index (Phi) is 6.23. The van der Waals surface area contributed by atoms with Gasteiger partial charge in [-0.05, 0) is 25.2 Å². The van der Waals surface area contributed by atoms with E-state index in [-0.39, 0.29) is 5.91 Å². The van der Waals surface area contributed by atoms with Gasteiger partial charge in [-0.25, -0.2) is 9.97 Å². The van der Waals surface area contributed by atoms with E-state index in [0.29, 0.717) is 35.1 Å². The second-order valence-electron chi connectivity index (χ2n) is 8.59. The normalized spacial score (nSPS) is 16.6. The van der Waals surface area contributed by atoms with Crippen LogP contribution in [0.3, 0.4) is 0 Å². The average molecular weight is 482 g/mol. The molecule has 1 fully saturated rings. The summed E-state index contributed by atoms with van der Waals surface area (Å²) < 4.78 is 0. The number of hydrogen-bond donors (Lipinski definition) is 0. The number of anilines is 1. The largest absolute Gasteiger partial charge is 0.354 e. The third-order valence-corrected chi connectivity index (χ3v) is 6.71. The summed E-state index contributed by atoms with van der Waals surface area (Å²) >= 11 is 12.3. The van der Waals surface area contributed by atoms with E-state index in [9.17, 15) is 4.79 Å². The summed E-state index contributed by atoms with van der Waals surface area (Å²) in [6.45, 7) is 4.79. The van der Waals surface area contributed by atoms with Gasteiger partial charge in [-0.3, -0.25) is 4.79 Å². The molecule has 0 radical (unpaired) electrons. The number of piperazine rings is 1. The van der Waals surface area contributed by atoms with Crippen LogP contribution in [0.15, 0.2) is 48.5 Å². The van der Waals surface area contributed by atoms with E-state index in [2.05, 4.69) is 16.8 Å². The van der Waals surface area contributed by atoms with E-state index in [1.165, 1.54) is 0 Å². The quantitative estimate of drug-likeness (QED) is 0.554. The first-order valence-corrected chi connectivity index (χ1v) is 11.9. The van der Waals surface area contributed by atoms with Gasteiger partial charge in [0.2, 0.25) is 0 Å². The SMILES string of the molecule is CN1CCN(c2nc(-c3ccccc3)nc3c2CN(C(=O)c2cc(Cl)cc(Cl)c2)CC3)CC1. The molecule has 3 heterocycles. The lowest BCUT2D eigenvalue weighted by Gasteiger charge is -2.37. The lowest BCUT2D eigenvalue weighted by molar-refractivity contribution is 0.0733. The Labute approximate surface area is 203 Å². The van der Waals surface area contributed by atoms with Gasteiger partial charge in [-0.15, -0.1) is 0 Å². The molecule has 0 bridgehead atoms. The number of rotatable bonds is 3. The van der Waals surface area contributed by atoms with Gasteiger partial charge < -0.3 is 14.7 Å². The second-order valence-corrected chi connectivity index (χ2v) is 9.46. The van der Waals surface area contributed by atoms with Crippen molar-refractivity contribution in [1.82, 2.24) is 19.8 Å². The molecular formula is C25H25Cl2N5O. The first kappa shape index (κ1) is 22.1. The third-order valence-electron chi connectivity index (χ3n) is 6.27. The lowest BCUT2D eigenvalue weighted by Crippen LogP contribution is -2.46. The van der Waals surface area contributed by atoms with Crippen LogP contribution in [0.4, 0.5) is 5.82 Å². The number of carbonyl (C=O) groups excluding carboxylic acids is 1. The van der Waals surface area contributed by atoms with Gasteiger partial charge in [0.1, 0.15) is 5.82 Å². The summed E-state index contributed by atoms with van der Waals surface area (Å²) in [4.78, 5) is 29.7. The average Bonchev–Trinajstić information content (AvgIpc) is 2.83. The highest BCUT2D eigenvalue weighted by molar-refractivity contribution is 6.35. The zero-order valence-electron chi connectivity index (χ0n) is 18.5. The molecular weight excluding hydrogens is 457 g/mol. The topological polar surface area (TPSA) is 52.6 Å². The van der Waals surface area contributed by atoms with Crippen molar-refractivity contribution >= 4 is 34.9 Å². The lowest BCUT2D eigenvalue weighted by atomic mass is 10.0. The van der Waals surface area contributed by atoms with Crippen molar-refractivity contribution in [2.24, 2.45) is 0 Å². The van der Waals surface area contributed by atoms with Crippen molar-refractivity contribution in [2.75, 3.05) is 44.7 Å². The van der Waals surface area contributed by atoms with Crippen LogP contribution in [0.25, 0.3) is 11.4 Å². The predicted molar refractivity (Wildman–Crippen MR) is 132 cm³/mol. The second kappa shape index (κ2) is 9.29. The molecule has 170 valence electrons. The number of halogens is 2. The summed E-state index contributed by atoms with van der Waals surface area (Å²) in [6, 6.07) is 15.1. The zero-order valence-corrected chi connectivity index (χ0v) is 20.0. The van der Waals surface area contributed by atoms with Crippen LogP contribution in [-0.4, -0.2) is 65.4 Å². The molecule has 0 N–H and O–H groups in total. The molecule has 0 atom stereocenters. The summed E-state index contributed by atoms with van der Waals surface area (Å²) in [5.74, 6) is 1.60. The Morgan fingerprint density at radius 2 is 1.61 bits per heavy atom. The van der Waals surface area contributed by atoms with E-state index in [1.54, 1.807) is 18.2 Å². The fourth-order valence-corrected chi connectivity index (χ4v) is 4.95. The number of nitrogens with zero attached hydrogens (tertiary/aromatic N) is 5. The number of benzene rings is 2. The Balaban J connectivity index is 1.51. The van der Waals surface area contributed by atoms with E-state index >= 15 is 0 Å². The van der Waals surface area contributed by atoms with Crippen LogP contribution in [0.5, 0.6) is 0 Å². The maximum atomic E-state index is 13.3. The van der Waals surface area contributed by atoms with Crippen molar-refractivity contribution in [1.29, 1.82) is 0 Å². The number of carbonyl (C=O) groups is 1. The van der Waals surface area contributed by atoms with Gasteiger partial charge in [0.25, 0.3) is 5.91 Å². The number of aromatic nitrogens is 2. The molecule has 2 aliphatic rings. The van der Waals surface area contributed by atoms with Crippen LogP contribution in [0.2, 0.25) is 10.0 Å². The molecule has 1 saturated heterocycles. The van der Waals surface area contributed by atoms with E-state index in [4.69, 9.17) is 33.2 Å². The number of hydrogen-bond acceptors (Lipinski definition) is 5. The van der Waals surface area contributed by atoms with Crippen LogP contribution >= 0.6 is 23.2 Å². The van der Waals surface area contributed by atoms with Crippen molar-refractivity contribution in [3.63, 3.8) is 0 Å². The number of fused-ring (bicyclic) bond motifs is 1. The Bertz CT molecular complexity index is 1160. The minimum absolute atomic E-state index is 0.0819. The van der Waals surface area contributed by atoms with Crippen molar-refractivity contribution in [2.45, 2.75) is 13.0 Å². The highest BCUT2D eigenvalue weighted by Gasteiger charge is 2.29. The molecule has 1 aromatic heterocycles. The summed E-state index contributed by atoms with van der Waals surface area (Å²) in [5.41, 5.74) is 3.56. The van der Waals surface area contributed by atoms with Crippen molar-refractivity contribution in [3.8, 4) is 11.4 Å². The first-order chi connectivity index (χ1) is 16.0. The van der Waals surface area contributed by atoms with Crippen LogP contribution in [0, 0.1) is 0 Å². The van der Waals surface area contributed by atoms with Crippen molar-refractivity contribution < 1.29 is 4.79 Å². The zero-order chi connectivity index (χ0) is 22.9. The molecule has 6 nitrogen and oxygen atoms in total. The van der Waals surface area contributed by atoms with E-state index < -0.39 is 0 Å². The van der Waals surface area contributed by atoms with Gasteiger partial charge in [0.05, 0.1) is 12.2 Å².